The number of methoxy groups -OCH3 is 1. The number of hydrogen-bond donors (Lipinski definition) is 2. The number of nitrogens with one attached hydrogen (secondary N) is 1. The minimum Gasteiger partial charge on any atom is -0.478 e. The maximum absolute atomic E-state index is 5.82. The molecule has 0 aliphatic rings. The van der Waals surface area contributed by atoms with Crippen molar-refractivity contribution in [3.8, 4) is 5.88 Å². The summed E-state index contributed by atoms with van der Waals surface area (Å²) >= 11 is 0. The van der Waals surface area contributed by atoms with Crippen molar-refractivity contribution in [1.29, 1.82) is 0 Å². The molecule has 18 heavy (non-hydrogen) atoms. The van der Waals surface area contributed by atoms with Crippen molar-refractivity contribution in [1.82, 2.24) is 9.97 Å². The van der Waals surface area contributed by atoms with E-state index in [9.17, 15) is 0 Å². The molecular formula is C12H22N4O2. The van der Waals surface area contributed by atoms with Gasteiger partial charge in [-0.15, -0.1) is 0 Å². The fraction of sp³-hybridized carbons (Fsp3) is 0.667. The molecule has 0 amide bonds. The number of rotatable bonds is 9. The van der Waals surface area contributed by atoms with Gasteiger partial charge in [0.1, 0.15) is 12.1 Å². The highest BCUT2D eigenvalue weighted by atomic mass is 16.5. The van der Waals surface area contributed by atoms with Crippen molar-refractivity contribution in [2.24, 2.45) is 5.73 Å². The van der Waals surface area contributed by atoms with Gasteiger partial charge >= 0.3 is 0 Å². The van der Waals surface area contributed by atoms with Gasteiger partial charge in [0.15, 0.2) is 0 Å². The predicted molar refractivity (Wildman–Crippen MR) is 70.8 cm³/mol. The zero-order valence-corrected chi connectivity index (χ0v) is 11.1. The summed E-state index contributed by atoms with van der Waals surface area (Å²) in [7, 11) is 1.65. The smallest absolute Gasteiger partial charge is 0.218 e. The lowest BCUT2D eigenvalue weighted by atomic mass is 10.2. The van der Waals surface area contributed by atoms with Gasteiger partial charge in [0, 0.05) is 25.8 Å². The van der Waals surface area contributed by atoms with Gasteiger partial charge in [-0.05, 0) is 12.8 Å². The normalized spacial score (nSPS) is 12.2. The van der Waals surface area contributed by atoms with E-state index in [0.717, 1.165) is 25.2 Å². The molecule has 0 aromatic carbocycles. The van der Waals surface area contributed by atoms with E-state index in [0.29, 0.717) is 19.1 Å². The molecule has 1 heterocycles. The second kappa shape index (κ2) is 8.66. The molecule has 102 valence electrons. The number of nitrogens with zero attached hydrogens (tertiary/aromatic N) is 2. The van der Waals surface area contributed by atoms with Gasteiger partial charge in [-0.1, -0.05) is 6.92 Å². The van der Waals surface area contributed by atoms with Crippen molar-refractivity contribution >= 4 is 5.82 Å². The van der Waals surface area contributed by atoms with Crippen molar-refractivity contribution in [2.45, 2.75) is 25.8 Å². The quantitative estimate of drug-likeness (QED) is 0.685. The van der Waals surface area contributed by atoms with Crippen molar-refractivity contribution in [3.05, 3.63) is 12.4 Å². The Morgan fingerprint density at radius 1 is 1.44 bits per heavy atom. The highest BCUT2D eigenvalue weighted by Crippen LogP contribution is 2.11. The number of ether oxygens (including phenoxy) is 2. The molecule has 1 aromatic rings. The Hall–Kier alpha value is -1.40. The van der Waals surface area contributed by atoms with E-state index in [4.69, 9.17) is 15.2 Å². The Bertz CT molecular complexity index is 336. The maximum atomic E-state index is 5.82. The molecule has 0 radical (unpaired) electrons. The number of aromatic nitrogens is 2. The SMILES string of the molecule is CCCOc1cc(NCCC(N)COC)ncn1. The van der Waals surface area contributed by atoms with E-state index >= 15 is 0 Å². The largest absolute Gasteiger partial charge is 0.478 e. The van der Waals surface area contributed by atoms with Gasteiger partial charge in [-0.3, -0.25) is 0 Å². The van der Waals surface area contributed by atoms with E-state index in [1.165, 1.54) is 6.33 Å². The van der Waals surface area contributed by atoms with Gasteiger partial charge in [0.2, 0.25) is 5.88 Å². The van der Waals surface area contributed by atoms with E-state index in [1.807, 2.05) is 0 Å². The van der Waals surface area contributed by atoms with Gasteiger partial charge in [-0.2, -0.15) is 0 Å². The van der Waals surface area contributed by atoms with E-state index < -0.39 is 0 Å². The van der Waals surface area contributed by atoms with Gasteiger partial charge in [-0.25, -0.2) is 9.97 Å². The van der Waals surface area contributed by atoms with Crippen LogP contribution in [-0.4, -0.2) is 42.9 Å². The molecule has 6 nitrogen and oxygen atoms in total. The van der Waals surface area contributed by atoms with Crippen molar-refractivity contribution in [3.63, 3.8) is 0 Å². The Morgan fingerprint density at radius 2 is 2.28 bits per heavy atom. The van der Waals surface area contributed by atoms with E-state index in [2.05, 4.69) is 22.2 Å². The fourth-order valence-corrected chi connectivity index (χ4v) is 1.40. The Morgan fingerprint density at radius 3 is 3.00 bits per heavy atom. The van der Waals surface area contributed by atoms with Crippen LogP contribution in [0.1, 0.15) is 19.8 Å². The molecule has 0 aliphatic heterocycles. The van der Waals surface area contributed by atoms with Gasteiger partial charge in [0.05, 0.1) is 13.2 Å². The highest BCUT2D eigenvalue weighted by Gasteiger charge is 2.02. The van der Waals surface area contributed by atoms with Gasteiger partial charge < -0.3 is 20.5 Å². The van der Waals surface area contributed by atoms with Crippen LogP contribution in [0.15, 0.2) is 12.4 Å². The van der Waals surface area contributed by atoms with Crippen LogP contribution in [0, 0.1) is 0 Å². The van der Waals surface area contributed by atoms with Crippen LogP contribution in [0.5, 0.6) is 5.88 Å². The first-order chi connectivity index (χ1) is 8.76. The number of nitrogens with two attached hydrogens (primary N) is 1. The fourth-order valence-electron chi connectivity index (χ4n) is 1.40. The predicted octanol–water partition coefficient (Wildman–Crippen LogP) is 1.04. The van der Waals surface area contributed by atoms with Crippen LogP contribution in [0.4, 0.5) is 5.82 Å². The van der Waals surface area contributed by atoms with Crippen LogP contribution >= 0.6 is 0 Å². The van der Waals surface area contributed by atoms with Crippen LogP contribution in [0.3, 0.4) is 0 Å². The van der Waals surface area contributed by atoms with Crippen LogP contribution in [0.25, 0.3) is 0 Å². The van der Waals surface area contributed by atoms with Crippen molar-refractivity contribution in [2.75, 3.05) is 32.2 Å². The molecule has 0 saturated carbocycles. The number of hydrogen-bond acceptors (Lipinski definition) is 6. The molecule has 1 rings (SSSR count). The maximum Gasteiger partial charge on any atom is 0.218 e. The van der Waals surface area contributed by atoms with E-state index in [-0.39, 0.29) is 6.04 Å². The summed E-state index contributed by atoms with van der Waals surface area (Å²) in [5.41, 5.74) is 5.82. The minimum absolute atomic E-state index is 0.0418. The second-order valence-electron chi connectivity index (χ2n) is 4.02. The summed E-state index contributed by atoms with van der Waals surface area (Å²) in [5, 5.41) is 3.18. The third kappa shape index (κ3) is 5.79. The average molecular weight is 254 g/mol. The molecule has 1 aromatic heterocycles. The lowest BCUT2D eigenvalue weighted by Crippen LogP contribution is -2.28. The Kier molecular flexibility index (Phi) is 7.05. The molecule has 0 spiro atoms. The van der Waals surface area contributed by atoms with Crippen LogP contribution in [-0.2, 0) is 4.74 Å². The summed E-state index contributed by atoms with van der Waals surface area (Å²) in [6.45, 7) is 4.03. The zero-order valence-electron chi connectivity index (χ0n) is 11.1. The van der Waals surface area contributed by atoms with Gasteiger partial charge in [0.25, 0.3) is 0 Å². The molecule has 0 saturated heterocycles. The van der Waals surface area contributed by atoms with Crippen LogP contribution < -0.4 is 15.8 Å². The molecule has 0 aliphatic carbocycles. The summed E-state index contributed by atoms with van der Waals surface area (Å²) in [6, 6.07) is 1.83. The third-order valence-corrected chi connectivity index (χ3v) is 2.30. The summed E-state index contributed by atoms with van der Waals surface area (Å²) in [4.78, 5) is 8.15. The lowest BCUT2D eigenvalue weighted by molar-refractivity contribution is 0.178. The Labute approximate surface area is 108 Å². The average Bonchev–Trinajstić information content (AvgIpc) is 2.37. The third-order valence-electron chi connectivity index (χ3n) is 2.30. The molecular weight excluding hydrogens is 232 g/mol. The van der Waals surface area contributed by atoms with Crippen molar-refractivity contribution < 1.29 is 9.47 Å². The first-order valence-electron chi connectivity index (χ1n) is 6.19. The Balaban J connectivity index is 2.33. The number of anilines is 1. The molecule has 6 heteroatoms. The summed E-state index contributed by atoms with van der Waals surface area (Å²) < 4.78 is 10.4. The highest BCUT2D eigenvalue weighted by molar-refractivity contribution is 5.36. The standard InChI is InChI=1S/C12H22N4O2/c1-3-6-18-12-7-11(15-9-16-12)14-5-4-10(13)8-17-2/h7,9-10H,3-6,8,13H2,1-2H3,(H,14,15,16). The zero-order chi connectivity index (χ0) is 13.2. The molecule has 3 N–H and O–H groups in total. The topological polar surface area (TPSA) is 82.3 Å². The lowest BCUT2D eigenvalue weighted by Gasteiger charge is -2.11. The van der Waals surface area contributed by atoms with Crippen LogP contribution in [0.2, 0.25) is 0 Å². The molecule has 0 fully saturated rings. The van der Waals surface area contributed by atoms with E-state index in [1.54, 1.807) is 13.2 Å². The molecule has 1 atom stereocenters. The minimum atomic E-state index is 0.0418. The molecule has 0 bridgehead atoms. The first-order valence-corrected chi connectivity index (χ1v) is 6.19. The summed E-state index contributed by atoms with van der Waals surface area (Å²) in [5.74, 6) is 1.34. The first kappa shape index (κ1) is 14.7. The summed E-state index contributed by atoms with van der Waals surface area (Å²) in [6.07, 6.45) is 3.27. The molecule has 1 unspecified atom stereocenters. The second-order valence-corrected chi connectivity index (χ2v) is 4.02. The monoisotopic (exact) mass is 254 g/mol.